The van der Waals surface area contributed by atoms with Gasteiger partial charge in [0.15, 0.2) is 5.67 Å². The SMILES string of the molecule is NC(=O)c1ccc(N2CC(F)(CN3CCN(c4ccc5c(c4)CNC5=O)CC3)C2)cc1. The maximum atomic E-state index is 15.2. The van der Waals surface area contributed by atoms with Crippen molar-refractivity contribution in [2.75, 3.05) is 55.6 Å². The number of primary amides is 1. The molecule has 0 radical (unpaired) electrons. The first-order chi connectivity index (χ1) is 14.9. The summed E-state index contributed by atoms with van der Waals surface area (Å²) in [6.45, 7) is 5.04. The molecule has 0 spiro atoms. The first-order valence-electron chi connectivity index (χ1n) is 10.6. The minimum absolute atomic E-state index is 0.00188. The van der Waals surface area contributed by atoms with Gasteiger partial charge < -0.3 is 20.9 Å². The summed E-state index contributed by atoms with van der Waals surface area (Å²) in [6, 6.07) is 13.0. The van der Waals surface area contributed by atoms with Gasteiger partial charge in [-0.3, -0.25) is 14.5 Å². The lowest BCUT2D eigenvalue weighted by atomic mass is 9.94. The van der Waals surface area contributed by atoms with Crippen LogP contribution in [0.25, 0.3) is 0 Å². The summed E-state index contributed by atoms with van der Waals surface area (Å²) in [6.07, 6.45) is 0. The fourth-order valence-electron chi connectivity index (χ4n) is 4.74. The predicted molar refractivity (Wildman–Crippen MR) is 117 cm³/mol. The molecule has 3 aliphatic heterocycles. The van der Waals surface area contributed by atoms with Gasteiger partial charge in [-0.05, 0) is 48.0 Å². The van der Waals surface area contributed by atoms with Crippen LogP contribution in [0.1, 0.15) is 26.3 Å². The van der Waals surface area contributed by atoms with E-state index in [0.29, 0.717) is 31.7 Å². The summed E-state index contributed by atoms with van der Waals surface area (Å²) in [4.78, 5) is 29.4. The normalized spacial score (nSPS) is 20.2. The Morgan fingerprint density at radius 1 is 1.00 bits per heavy atom. The number of carbonyl (C=O) groups is 2. The van der Waals surface area contributed by atoms with E-state index < -0.39 is 11.6 Å². The number of nitrogens with zero attached hydrogens (tertiary/aromatic N) is 3. The summed E-state index contributed by atoms with van der Waals surface area (Å²) < 4.78 is 15.2. The smallest absolute Gasteiger partial charge is 0.251 e. The number of hydrogen-bond acceptors (Lipinski definition) is 5. The molecule has 7 nitrogen and oxygen atoms in total. The molecule has 3 aliphatic rings. The van der Waals surface area contributed by atoms with Crippen LogP contribution < -0.4 is 20.9 Å². The topological polar surface area (TPSA) is 81.9 Å². The number of amides is 2. The Hall–Kier alpha value is -3.13. The molecule has 0 saturated carbocycles. The first-order valence-corrected chi connectivity index (χ1v) is 10.6. The van der Waals surface area contributed by atoms with Crippen LogP contribution in [0.2, 0.25) is 0 Å². The van der Waals surface area contributed by atoms with Crippen molar-refractivity contribution >= 4 is 23.2 Å². The van der Waals surface area contributed by atoms with Crippen molar-refractivity contribution in [3.05, 3.63) is 59.2 Å². The maximum absolute atomic E-state index is 15.2. The van der Waals surface area contributed by atoms with Crippen LogP contribution in [0.4, 0.5) is 15.8 Å². The minimum Gasteiger partial charge on any atom is -0.369 e. The zero-order chi connectivity index (χ0) is 21.6. The highest BCUT2D eigenvalue weighted by Crippen LogP contribution is 2.32. The molecule has 3 N–H and O–H groups in total. The molecule has 2 saturated heterocycles. The second-order valence-corrected chi connectivity index (χ2v) is 8.71. The highest BCUT2D eigenvalue weighted by molar-refractivity contribution is 5.98. The summed E-state index contributed by atoms with van der Waals surface area (Å²) in [5.41, 5.74) is 8.36. The molecule has 0 aliphatic carbocycles. The molecule has 31 heavy (non-hydrogen) atoms. The third-order valence-electron chi connectivity index (χ3n) is 6.48. The lowest BCUT2D eigenvalue weighted by Gasteiger charge is -2.49. The molecule has 0 unspecified atom stereocenters. The van der Waals surface area contributed by atoms with Crippen molar-refractivity contribution in [2.45, 2.75) is 12.2 Å². The van der Waals surface area contributed by atoms with Crippen LogP contribution in [0.5, 0.6) is 0 Å². The Balaban J connectivity index is 1.13. The molecule has 2 aromatic carbocycles. The Bertz CT molecular complexity index is 1010. The zero-order valence-corrected chi connectivity index (χ0v) is 17.3. The van der Waals surface area contributed by atoms with Crippen molar-refractivity contribution in [1.29, 1.82) is 0 Å². The molecule has 0 atom stereocenters. The lowest BCUT2D eigenvalue weighted by Crippen LogP contribution is -2.65. The number of nitrogens with two attached hydrogens (primary N) is 1. The molecule has 0 aromatic heterocycles. The number of benzene rings is 2. The second-order valence-electron chi connectivity index (χ2n) is 8.71. The van der Waals surface area contributed by atoms with Crippen LogP contribution >= 0.6 is 0 Å². The van der Waals surface area contributed by atoms with Crippen LogP contribution in [0, 0.1) is 0 Å². The van der Waals surface area contributed by atoms with E-state index in [4.69, 9.17) is 5.73 Å². The number of nitrogens with one attached hydrogen (secondary N) is 1. The molecular formula is C23H26FN5O2. The van der Waals surface area contributed by atoms with E-state index in [0.717, 1.165) is 48.7 Å². The first kappa shape index (κ1) is 19.8. The molecule has 2 amide bonds. The van der Waals surface area contributed by atoms with E-state index in [9.17, 15) is 9.59 Å². The van der Waals surface area contributed by atoms with E-state index in [1.54, 1.807) is 12.1 Å². The average molecular weight is 423 g/mol. The van der Waals surface area contributed by atoms with E-state index in [1.165, 1.54) is 0 Å². The van der Waals surface area contributed by atoms with E-state index >= 15 is 4.39 Å². The summed E-state index contributed by atoms with van der Waals surface area (Å²) in [5.74, 6) is -0.461. The van der Waals surface area contributed by atoms with E-state index in [2.05, 4.69) is 21.2 Å². The van der Waals surface area contributed by atoms with Crippen molar-refractivity contribution in [2.24, 2.45) is 5.73 Å². The molecule has 5 rings (SSSR count). The number of fused-ring (bicyclic) bond motifs is 1. The number of carbonyl (C=O) groups excluding carboxylic acids is 2. The van der Waals surface area contributed by atoms with Crippen LogP contribution in [0.15, 0.2) is 42.5 Å². The van der Waals surface area contributed by atoms with Crippen molar-refractivity contribution in [3.8, 4) is 0 Å². The van der Waals surface area contributed by atoms with Gasteiger partial charge in [0.25, 0.3) is 5.91 Å². The summed E-state index contributed by atoms with van der Waals surface area (Å²) >= 11 is 0. The number of alkyl halides is 1. The van der Waals surface area contributed by atoms with Crippen molar-refractivity contribution < 1.29 is 14.0 Å². The largest absolute Gasteiger partial charge is 0.369 e. The molecular weight excluding hydrogens is 397 g/mol. The quantitative estimate of drug-likeness (QED) is 0.760. The van der Waals surface area contributed by atoms with E-state index in [-0.39, 0.29) is 5.91 Å². The van der Waals surface area contributed by atoms with Crippen molar-refractivity contribution in [3.63, 3.8) is 0 Å². The fraction of sp³-hybridized carbons (Fsp3) is 0.391. The highest BCUT2D eigenvalue weighted by Gasteiger charge is 2.45. The van der Waals surface area contributed by atoms with Gasteiger partial charge in [-0.1, -0.05) is 0 Å². The standard InChI is InChI=1S/C23H26FN5O2/c24-23(14-29(15-23)18-3-1-16(2-4-18)21(25)30)13-27-7-9-28(10-8-27)19-5-6-20-17(11-19)12-26-22(20)31/h1-6,11H,7-10,12-15H2,(H2,25,30)(H,26,31). The molecule has 162 valence electrons. The highest BCUT2D eigenvalue weighted by atomic mass is 19.1. The molecule has 2 aromatic rings. The second kappa shape index (κ2) is 7.53. The van der Waals surface area contributed by atoms with Gasteiger partial charge in [-0.2, -0.15) is 0 Å². The van der Waals surface area contributed by atoms with Gasteiger partial charge in [-0.15, -0.1) is 0 Å². The summed E-state index contributed by atoms with van der Waals surface area (Å²) in [7, 11) is 0. The molecule has 8 heteroatoms. The Labute approximate surface area is 180 Å². The Morgan fingerprint density at radius 3 is 2.35 bits per heavy atom. The molecule has 0 bridgehead atoms. The Kier molecular flexibility index (Phi) is 4.81. The third kappa shape index (κ3) is 3.83. The van der Waals surface area contributed by atoms with Gasteiger partial charge >= 0.3 is 0 Å². The number of piperazine rings is 1. The predicted octanol–water partition coefficient (Wildman–Crippen LogP) is 1.38. The molecule has 2 fully saturated rings. The number of rotatable bonds is 5. The van der Waals surface area contributed by atoms with Gasteiger partial charge in [0, 0.05) is 61.8 Å². The van der Waals surface area contributed by atoms with Crippen LogP contribution in [0.3, 0.4) is 0 Å². The third-order valence-corrected chi connectivity index (χ3v) is 6.48. The van der Waals surface area contributed by atoms with Gasteiger partial charge in [0.2, 0.25) is 5.91 Å². The molecule has 3 heterocycles. The minimum atomic E-state index is -1.22. The van der Waals surface area contributed by atoms with Gasteiger partial charge in [-0.25, -0.2) is 4.39 Å². The average Bonchev–Trinajstić information content (AvgIpc) is 3.13. The lowest BCUT2D eigenvalue weighted by molar-refractivity contribution is 0.0613. The maximum Gasteiger partial charge on any atom is 0.251 e. The number of halogens is 1. The van der Waals surface area contributed by atoms with Gasteiger partial charge in [0.05, 0.1) is 13.1 Å². The monoisotopic (exact) mass is 423 g/mol. The van der Waals surface area contributed by atoms with Crippen LogP contribution in [-0.2, 0) is 6.54 Å². The summed E-state index contributed by atoms with van der Waals surface area (Å²) in [5, 5.41) is 2.85. The fourth-order valence-corrected chi connectivity index (χ4v) is 4.74. The van der Waals surface area contributed by atoms with E-state index in [1.807, 2.05) is 29.2 Å². The Morgan fingerprint density at radius 2 is 1.68 bits per heavy atom. The van der Waals surface area contributed by atoms with Gasteiger partial charge in [0.1, 0.15) is 0 Å². The van der Waals surface area contributed by atoms with Crippen LogP contribution in [-0.4, -0.2) is 68.2 Å². The zero-order valence-electron chi connectivity index (χ0n) is 17.3. The number of anilines is 2. The van der Waals surface area contributed by atoms with Crippen molar-refractivity contribution in [1.82, 2.24) is 10.2 Å². The number of hydrogen-bond donors (Lipinski definition) is 2.